The molecule has 0 amide bonds. The van der Waals surface area contributed by atoms with Gasteiger partial charge < -0.3 is 9.74 Å². The highest BCUT2D eigenvalue weighted by atomic mass is 19.4. The van der Waals surface area contributed by atoms with Crippen molar-refractivity contribution in [3.63, 3.8) is 0 Å². The number of aromatic nitrogens is 3. The first-order valence-corrected chi connectivity index (χ1v) is 12.6. The van der Waals surface area contributed by atoms with Gasteiger partial charge >= 0.3 is 11.9 Å². The summed E-state index contributed by atoms with van der Waals surface area (Å²) in [4.78, 5) is 29.6. The van der Waals surface area contributed by atoms with Gasteiger partial charge in [0.25, 0.3) is 5.82 Å². The van der Waals surface area contributed by atoms with Crippen LogP contribution in [0.1, 0.15) is 57.2 Å². The van der Waals surface area contributed by atoms with Crippen LogP contribution in [-0.4, -0.2) is 44.6 Å². The van der Waals surface area contributed by atoms with Gasteiger partial charge in [0, 0.05) is 38.3 Å². The molecule has 4 rings (SSSR count). The molecule has 1 saturated heterocycles. The van der Waals surface area contributed by atoms with Crippen LogP contribution in [0.2, 0.25) is 0 Å². The number of nitrogens with zero attached hydrogens (tertiary/aromatic N) is 6. The van der Waals surface area contributed by atoms with E-state index in [4.69, 9.17) is 6.57 Å². The predicted molar refractivity (Wildman–Crippen MR) is 138 cm³/mol. The Kier molecular flexibility index (Phi) is 7.55. The van der Waals surface area contributed by atoms with Crippen molar-refractivity contribution in [2.24, 2.45) is 7.05 Å². The maximum atomic E-state index is 13.1. The molecule has 2 aromatic heterocycles. The zero-order chi connectivity index (χ0) is 26.9. The van der Waals surface area contributed by atoms with Gasteiger partial charge in [-0.15, -0.1) is 4.98 Å². The Morgan fingerprint density at radius 1 is 1.03 bits per heavy atom. The Balaban J connectivity index is 1.73. The molecule has 1 aromatic carbocycles. The predicted octanol–water partition coefficient (Wildman–Crippen LogP) is 5.73. The minimum atomic E-state index is -4.37. The van der Waals surface area contributed by atoms with Gasteiger partial charge in [-0.05, 0) is 49.1 Å². The summed E-state index contributed by atoms with van der Waals surface area (Å²) in [5.41, 5.74) is 0.958. The summed E-state index contributed by atoms with van der Waals surface area (Å²) in [7, 11) is 1.64. The van der Waals surface area contributed by atoms with Crippen LogP contribution in [-0.2, 0) is 13.2 Å². The monoisotopic (exact) mass is 512 g/mol. The molecule has 3 atom stereocenters. The van der Waals surface area contributed by atoms with Crippen molar-refractivity contribution >= 4 is 22.7 Å². The van der Waals surface area contributed by atoms with Crippen LogP contribution in [0.5, 0.6) is 0 Å². The van der Waals surface area contributed by atoms with Gasteiger partial charge in [-0.3, -0.25) is 9.47 Å². The third kappa shape index (κ3) is 5.05. The first-order valence-electron chi connectivity index (χ1n) is 12.6. The molecule has 7 nitrogen and oxygen atoms in total. The number of halogens is 3. The smallest absolute Gasteiger partial charge is 0.361 e. The largest absolute Gasteiger partial charge is 0.416 e. The summed E-state index contributed by atoms with van der Waals surface area (Å²) >= 11 is 0. The number of aryl methyl sites for hydroxylation is 1. The standard InChI is InChI=1S/C27H31F3N6O/c1-6-19-16-36(25-24-22(34(5)26(37)33-25)13-14-23(31-4)32-24)20(7-2)15-35(19)21(8-3)17-9-11-18(12-10-17)27(28,29)30/h9-14,19-21H,6-8,15-16H2,1-3,5H3/t19-,20+,21?/m1/s1. The van der Waals surface area contributed by atoms with Gasteiger partial charge in [0.2, 0.25) is 5.52 Å². The number of anilines is 1. The lowest BCUT2D eigenvalue weighted by Crippen LogP contribution is -2.59. The van der Waals surface area contributed by atoms with E-state index in [9.17, 15) is 18.0 Å². The van der Waals surface area contributed by atoms with Crippen molar-refractivity contribution in [2.45, 2.75) is 64.3 Å². The van der Waals surface area contributed by atoms with E-state index in [1.165, 1.54) is 4.57 Å². The molecule has 0 bridgehead atoms. The van der Waals surface area contributed by atoms with Crippen molar-refractivity contribution in [3.05, 3.63) is 69.4 Å². The molecule has 3 aromatic rings. The first-order chi connectivity index (χ1) is 17.6. The number of rotatable bonds is 6. The van der Waals surface area contributed by atoms with Crippen LogP contribution in [0, 0.1) is 6.57 Å². The number of pyridine rings is 1. The summed E-state index contributed by atoms with van der Waals surface area (Å²) in [5.74, 6) is 0.720. The highest BCUT2D eigenvalue weighted by Gasteiger charge is 2.38. The van der Waals surface area contributed by atoms with E-state index >= 15 is 0 Å². The summed E-state index contributed by atoms with van der Waals surface area (Å²) in [6.45, 7) is 14.8. The molecule has 0 radical (unpaired) electrons. The van der Waals surface area contributed by atoms with Crippen LogP contribution in [0.4, 0.5) is 24.8 Å². The van der Waals surface area contributed by atoms with Gasteiger partial charge in [-0.1, -0.05) is 39.5 Å². The Hall–Kier alpha value is -3.45. The molecule has 0 spiro atoms. The molecule has 1 aliphatic rings. The van der Waals surface area contributed by atoms with E-state index in [0.29, 0.717) is 29.9 Å². The minimum Gasteiger partial charge on any atom is -0.361 e. The second-order valence-electron chi connectivity index (χ2n) is 9.44. The molecule has 37 heavy (non-hydrogen) atoms. The molecule has 3 heterocycles. The molecule has 1 fully saturated rings. The van der Waals surface area contributed by atoms with E-state index in [0.717, 1.165) is 37.0 Å². The molecule has 1 unspecified atom stereocenters. The van der Waals surface area contributed by atoms with Crippen LogP contribution < -0.4 is 10.6 Å². The van der Waals surface area contributed by atoms with Gasteiger partial charge in [-0.2, -0.15) is 18.2 Å². The van der Waals surface area contributed by atoms with Crippen molar-refractivity contribution in [3.8, 4) is 0 Å². The van der Waals surface area contributed by atoms with Gasteiger partial charge in [0.15, 0.2) is 5.82 Å². The Bertz CT molecular complexity index is 1360. The molecule has 0 N–H and O–H groups in total. The Morgan fingerprint density at radius 2 is 1.70 bits per heavy atom. The fourth-order valence-corrected chi connectivity index (χ4v) is 5.34. The summed E-state index contributed by atoms with van der Waals surface area (Å²) in [5, 5.41) is 0. The highest BCUT2D eigenvalue weighted by Crippen LogP contribution is 2.36. The maximum absolute atomic E-state index is 13.1. The summed E-state index contributed by atoms with van der Waals surface area (Å²) in [6, 6.07) is 8.86. The quantitative estimate of drug-likeness (QED) is 0.395. The Labute approximate surface area is 214 Å². The zero-order valence-corrected chi connectivity index (χ0v) is 21.5. The van der Waals surface area contributed by atoms with E-state index < -0.39 is 11.7 Å². The topological polar surface area (TPSA) is 58.6 Å². The molecule has 1 aliphatic heterocycles. The number of piperazine rings is 1. The average molecular weight is 513 g/mol. The van der Waals surface area contributed by atoms with Crippen molar-refractivity contribution in [1.82, 2.24) is 19.4 Å². The Morgan fingerprint density at radius 3 is 2.27 bits per heavy atom. The molecular formula is C27H31F3N6O. The molecular weight excluding hydrogens is 481 g/mol. The second-order valence-corrected chi connectivity index (χ2v) is 9.44. The molecule has 196 valence electrons. The summed E-state index contributed by atoms with van der Waals surface area (Å²) < 4.78 is 40.8. The number of hydrogen-bond acceptors (Lipinski definition) is 5. The lowest BCUT2D eigenvalue weighted by molar-refractivity contribution is -0.137. The van der Waals surface area contributed by atoms with Crippen molar-refractivity contribution < 1.29 is 13.2 Å². The maximum Gasteiger partial charge on any atom is 0.416 e. The highest BCUT2D eigenvalue weighted by molar-refractivity contribution is 5.87. The lowest BCUT2D eigenvalue weighted by Gasteiger charge is -2.49. The molecule has 0 aliphatic carbocycles. The molecule has 10 heteroatoms. The second kappa shape index (κ2) is 10.5. The first kappa shape index (κ1) is 26.6. The van der Waals surface area contributed by atoms with Crippen LogP contribution >= 0.6 is 0 Å². The number of hydrogen-bond donors (Lipinski definition) is 0. The zero-order valence-electron chi connectivity index (χ0n) is 21.5. The number of alkyl halides is 3. The fourth-order valence-electron chi connectivity index (χ4n) is 5.34. The van der Waals surface area contributed by atoms with Gasteiger partial charge in [0.05, 0.1) is 11.1 Å². The minimum absolute atomic E-state index is 0.00695. The van der Waals surface area contributed by atoms with Gasteiger partial charge in [0.1, 0.15) is 0 Å². The summed E-state index contributed by atoms with van der Waals surface area (Å²) in [6.07, 6.45) is -2.03. The number of benzene rings is 1. The van der Waals surface area contributed by atoms with Gasteiger partial charge in [-0.25, -0.2) is 4.79 Å². The van der Waals surface area contributed by atoms with E-state index in [1.54, 1.807) is 31.3 Å². The lowest BCUT2D eigenvalue weighted by atomic mass is 9.94. The normalized spacial score (nSPS) is 19.7. The van der Waals surface area contributed by atoms with Crippen LogP contribution in [0.3, 0.4) is 0 Å². The third-order valence-corrected chi connectivity index (χ3v) is 7.40. The van der Waals surface area contributed by atoms with E-state index in [2.05, 4.69) is 38.5 Å². The third-order valence-electron chi connectivity index (χ3n) is 7.40. The number of fused-ring (bicyclic) bond motifs is 1. The molecule has 0 saturated carbocycles. The van der Waals surface area contributed by atoms with Crippen LogP contribution in [0.15, 0.2) is 41.2 Å². The van der Waals surface area contributed by atoms with Crippen LogP contribution in [0.25, 0.3) is 15.9 Å². The van der Waals surface area contributed by atoms with E-state index in [-0.39, 0.29) is 29.6 Å². The van der Waals surface area contributed by atoms with Crippen molar-refractivity contribution in [1.29, 1.82) is 0 Å². The fraction of sp³-hybridized carbons (Fsp3) is 0.481. The SMILES string of the molecule is [C-]#[N+]c1ccc2c(n1)c(N1C[C@@H](CC)N(C(CC)c3ccc(C(F)(F)F)cc3)C[C@@H]1CC)nc(=O)n2C. The van der Waals surface area contributed by atoms with E-state index in [1.807, 2.05) is 6.92 Å². The average Bonchev–Trinajstić information content (AvgIpc) is 2.90. The van der Waals surface area contributed by atoms with Crippen molar-refractivity contribution in [2.75, 3.05) is 18.0 Å².